The molecule has 2 saturated carbocycles. The van der Waals surface area contributed by atoms with Gasteiger partial charge in [0.1, 0.15) is 5.54 Å². The Balaban J connectivity index is 0.000000344. The number of piperazine rings is 1. The number of hydrogen-bond acceptors (Lipinski definition) is 5. The van der Waals surface area contributed by atoms with Crippen molar-refractivity contribution in [2.45, 2.75) is 50.2 Å². The zero-order chi connectivity index (χ0) is 24.7. The van der Waals surface area contributed by atoms with Gasteiger partial charge >= 0.3 is 12.1 Å². The van der Waals surface area contributed by atoms with Gasteiger partial charge in [-0.15, -0.1) is 0 Å². The fourth-order valence-electron chi connectivity index (χ4n) is 4.81. The quantitative estimate of drug-likeness (QED) is 0.700. The Morgan fingerprint density at radius 3 is 2.21 bits per heavy atom. The van der Waals surface area contributed by atoms with Crippen LogP contribution in [0.2, 0.25) is 0 Å². The molecule has 0 bridgehead atoms. The molecule has 2 amide bonds. The molecule has 2 aliphatic heterocycles. The maximum Gasteiger partial charge on any atom is 0.490 e. The maximum atomic E-state index is 13.7. The number of piperidine rings is 1. The Kier molecular flexibility index (Phi) is 6.63. The van der Waals surface area contributed by atoms with Crippen molar-refractivity contribution in [3.63, 3.8) is 0 Å². The third-order valence-electron chi connectivity index (χ3n) is 7.09. The number of carboxylic acids is 1. The first-order valence-electron chi connectivity index (χ1n) is 11.7. The smallest absolute Gasteiger partial charge is 0.475 e. The minimum absolute atomic E-state index is 0.209. The summed E-state index contributed by atoms with van der Waals surface area (Å²) in [6.07, 6.45) is 4.81. The number of halogens is 3. The summed E-state index contributed by atoms with van der Waals surface area (Å²) in [5, 5.41) is 11.4. The molecule has 4 aliphatic rings. The number of carbonyl (C=O) groups is 3. The number of likely N-dealkylation sites (tertiary alicyclic amines) is 1. The Labute approximate surface area is 195 Å². The monoisotopic (exact) mass is 485 g/mol. The van der Waals surface area contributed by atoms with Gasteiger partial charge in [0.2, 0.25) is 11.8 Å². The molecule has 12 heteroatoms. The van der Waals surface area contributed by atoms with Crippen LogP contribution in [0.3, 0.4) is 0 Å². The summed E-state index contributed by atoms with van der Waals surface area (Å²) in [6.45, 7) is 4.09. The van der Waals surface area contributed by atoms with Crippen molar-refractivity contribution in [3.05, 3.63) is 12.4 Å². The average molecular weight is 486 g/mol. The number of carboxylic acid groups (broad SMARTS) is 1. The number of carbonyl (C=O) groups excluding carboxylic acids is 2. The number of anilines is 1. The van der Waals surface area contributed by atoms with Gasteiger partial charge in [0, 0.05) is 51.9 Å². The number of rotatable bonds is 4. The van der Waals surface area contributed by atoms with E-state index < -0.39 is 17.7 Å². The van der Waals surface area contributed by atoms with Crippen LogP contribution < -0.4 is 4.90 Å². The van der Waals surface area contributed by atoms with Crippen molar-refractivity contribution >= 4 is 23.5 Å². The highest BCUT2D eigenvalue weighted by molar-refractivity contribution is 6.01. The van der Waals surface area contributed by atoms with Crippen LogP contribution in [-0.2, 0) is 21.4 Å². The largest absolute Gasteiger partial charge is 0.490 e. The van der Waals surface area contributed by atoms with Crippen LogP contribution in [0.4, 0.5) is 18.9 Å². The molecule has 188 valence electrons. The standard InChI is InChI=1S/C20H29N5O2.C2HF3O2/c1-22-14-17(12-21-22)25-11-10-24(13-15-2-3-15)20(19(25)27)6-8-23(9-7-20)18(26)16-4-5-16;3-2(4,5)1(6)7/h12,14-16H,2-11,13H2,1H3;(H,6,7). The summed E-state index contributed by atoms with van der Waals surface area (Å²) in [7, 11) is 1.88. The van der Waals surface area contributed by atoms with E-state index in [-0.39, 0.29) is 11.8 Å². The maximum absolute atomic E-state index is 13.7. The third kappa shape index (κ3) is 5.21. The minimum atomic E-state index is -5.08. The molecule has 2 saturated heterocycles. The van der Waals surface area contributed by atoms with Crippen LogP contribution in [-0.4, -0.2) is 86.9 Å². The Bertz CT molecular complexity index is 933. The molecule has 5 rings (SSSR count). The van der Waals surface area contributed by atoms with Crippen LogP contribution in [0.1, 0.15) is 38.5 Å². The zero-order valence-electron chi connectivity index (χ0n) is 19.1. The highest BCUT2D eigenvalue weighted by atomic mass is 19.4. The van der Waals surface area contributed by atoms with Crippen molar-refractivity contribution in [3.8, 4) is 0 Å². The molecule has 0 unspecified atom stereocenters. The Morgan fingerprint density at radius 1 is 1.12 bits per heavy atom. The topological polar surface area (TPSA) is 99.0 Å². The lowest BCUT2D eigenvalue weighted by molar-refractivity contribution is -0.192. The number of aromatic nitrogens is 2. The van der Waals surface area contributed by atoms with Gasteiger partial charge in [0.15, 0.2) is 0 Å². The van der Waals surface area contributed by atoms with E-state index in [9.17, 15) is 22.8 Å². The predicted molar refractivity (Wildman–Crippen MR) is 115 cm³/mol. The highest BCUT2D eigenvalue weighted by Crippen LogP contribution is 2.40. The molecule has 1 aromatic heterocycles. The molecule has 1 spiro atoms. The number of hydrogen-bond donors (Lipinski definition) is 1. The summed E-state index contributed by atoms with van der Waals surface area (Å²) < 4.78 is 33.5. The highest BCUT2D eigenvalue weighted by Gasteiger charge is 2.53. The molecule has 1 aromatic rings. The lowest BCUT2D eigenvalue weighted by atomic mass is 9.81. The number of aliphatic carboxylic acids is 1. The zero-order valence-corrected chi connectivity index (χ0v) is 19.1. The second-order valence-electron chi connectivity index (χ2n) is 9.65. The Morgan fingerprint density at radius 2 is 1.74 bits per heavy atom. The van der Waals surface area contributed by atoms with Crippen LogP contribution >= 0.6 is 0 Å². The SMILES string of the molecule is Cn1cc(N2CCN(CC3CC3)C3(CCN(C(=O)C4CC4)CC3)C2=O)cn1.O=C(O)C(F)(F)F. The number of amides is 2. The average Bonchev–Trinajstić information content (AvgIpc) is 3.71. The van der Waals surface area contributed by atoms with E-state index in [0.717, 1.165) is 56.9 Å². The van der Waals surface area contributed by atoms with Gasteiger partial charge in [-0.05, 0) is 44.4 Å². The van der Waals surface area contributed by atoms with Gasteiger partial charge in [-0.1, -0.05) is 0 Å². The van der Waals surface area contributed by atoms with Gasteiger partial charge in [-0.2, -0.15) is 18.3 Å². The molecular formula is C22H30F3N5O4. The van der Waals surface area contributed by atoms with E-state index in [4.69, 9.17) is 9.90 Å². The number of aryl methyl sites for hydroxylation is 1. The summed E-state index contributed by atoms with van der Waals surface area (Å²) in [6, 6.07) is 0. The van der Waals surface area contributed by atoms with Gasteiger partial charge in [-0.25, -0.2) is 4.79 Å². The van der Waals surface area contributed by atoms with Crippen LogP contribution in [0.25, 0.3) is 0 Å². The first kappa shape index (κ1) is 24.5. The minimum Gasteiger partial charge on any atom is -0.475 e. The molecule has 4 fully saturated rings. The third-order valence-corrected chi connectivity index (χ3v) is 7.09. The fraction of sp³-hybridized carbons (Fsp3) is 0.727. The molecule has 1 N–H and O–H groups in total. The summed E-state index contributed by atoms with van der Waals surface area (Å²) >= 11 is 0. The van der Waals surface area contributed by atoms with E-state index >= 15 is 0 Å². The molecule has 0 atom stereocenters. The van der Waals surface area contributed by atoms with Crippen molar-refractivity contribution in [2.75, 3.05) is 37.6 Å². The van der Waals surface area contributed by atoms with Crippen LogP contribution in [0.15, 0.2) is 12.4 Å². The molecular weight excluding hydrogens is 455 g/mol. The van der Waals surface area contributed by atoms with E-state index in [1.54, 1.807) is 10.9 Å². The van der Waals surface area contributed by atoms with E-state index in [2.05, 4.69) is 10.00 Å². The summed E-state index contributed by atoms with van der Waals surface area (Å²) in [5.74, 6) is -1.22. The lowest BCUT2D eigenvalue weighted by Crippen LogP contribution is -2.69. The van der Waals surface area contributed by atoms with E-state index in [0.29, 0.717) is 19.0 Å². The predicted octanol–water partition coefficient (Wildman–Crippen LogP) is 1.88. The second-order valence-corrected chi connectivity index (χ2v) is 9.65. The van der Waals surface area contributed by atoms with Gasteiger partial charge in [0.05, 0.1) is 11.9 Å². The van der Waals surface area contributed by atoms with Crippen molar-refractivity contribution in [2.24, 2.45) is 18.9 Å². The van der Waals surface area contributed by atoms with Crippen molar-refractivity contribution in [1.29, 1.82) is 0 Å². The molecule has 0 aromatic carbocycles. The fourth-order valence-corrected chi connectivity index (χ4v) is 4.81. The van der Waals surface area contributed by atoms with Crippen molar-refractivity contribution in [1.82, 2.24) is 19.6 Å². The van der Waals surface area contributed by atoms with Crippen molar-refractivity contribution < 1.29 is 32.7 Å². The van der Waals surface area contributed by atoms with E-state index in [1.165, 1.54) is 12.8 Å². The van der Waals surface area contributed by atoms with Crippen LogP contribution in [0, 0.1) is 11.8 Å². The molecule has 2 aliphatic carbocycles. The molecule has 9 nitrogen and oxygen atoms in total. The number of nitrogens with zero attached hydrogens (tertiary/aromatic N) is 5. The molecule has 3 heterocycles. The first-order chi connectivity index (χ1) is 16.0. The van der Waals surface area contributed by atoms with E-state index in [1.807, 2.05) is 23.0 Å². The van der Waals surface area contributed by atoms with Gasteiger partial charge in [-0.3, -0.25) is 19.2 Å². The first-order valence-corrected chi connectivity index (χ1v) is 11.7. The Hall–Kier alpha value is -2.63. The van der Waals surface area contributed by atoms with Gasteiger partial charge < -0.3 is 14.9 Å². The molecule has 0 radical (unpaired) electrons. The number of alkyl halides is 3. The summed E-state index contributed by atoms with van der Waals surface area (Å²) in [5.41, 5.74) is 0.446. The molecule has 34 heavy (non-hydrogen) atoms. The normalized spacial score (nSPS) is 23.0. The second kappa shape index (κ2) is 9.20. The van der Waals surface area contributed by atoms with Gasteiger partial charge in [0.25, 0.3) is 0 Å². The lowest BCUT2D eigenvalue weighted by Gasteiger charge is -2.52. The van der Waals surface area contributed by atoms with Crippen LogP contribution in [0.5, 0.6) is 0 Å². The summed E-state index contributed by atoms with van der Waals surface area (Å²) in [4.78, 5) is 41.5.